The standard InChI is InChI=1S/C22H30O4.2C2H6N.Ti/c1-21(2,3)17-11-13(25-7)9-15(19(17)23)16-10-14(26-8)12-18(20(16)24)22(4,5)6;2*1-3-2;/h9-12,23-24H,1-8H3;2*1-2H3;/q;2*-1;+4/p-2. The molecule has 2 rings (SSSR count). The van der Waals surface area contributed by atoms with Gasteiger partial charge in [-0.15, -0.1) is 0 Å². The summed E-state index contributed by atoms with van der Waals surface area (Å²) in [5, 5.41) is 33.3. The van der Waals surface area contributed by atoms with Gasteiger partial charge < -0.3 is 30.3 Å². The van der Waals surface area contributed by atoms with E-state index in [0.29, 0.717) is 33.8 Å². The Balaban J connectivity index is 0. The van der Waals surface area contributed by atoms with E-state index in [0.717, 1.165) is 0 Å². The smallest absolute Gasteiger partial charge is 0.872 e. The molecule has 182 valence electrons. The first kappa shape index (κ1) is 33.4. The minimum atomic E-state index is -0.366. The quantitative estimate of drug-likeness (QED) is 0.540. The number of rotatable bonds is 3. The molecule has 0 bridgehead atoms. The first-order chi connectivity index (χ1) is 14.7. The first-order valence-electron chi connectivity index (χ1n) is 10.5. The molecule has 0 aliphatic rings. The number of ether oxygens (including phenoxy) is 2. The Morgan fingerprint density at radius 1 is 0.606 bits per heavy atom. The molecule has 0 radical (unpaired) electrons. The zero-order chi connectivity index (χ0) is 25.3. The molecule has 2 aromatic rings. The van der Waals surface area contributed by atoms with E-state index in [1.165, 1.54) is 0 Å². The normalized spacial score (nSPS) is 10.7. The van der Waals surface area contributed by atoms with E-state index in [1.54, 1.807) is 66.7 Å². The van der Waals surface area contributed by atoms with Gasteiger partial charge in [-0.2, -0.15) is 28.2 Å². The molecule has 0 aromatic heterocycles. The van der Waals surface area contributed by atoms with Gasteiger partial charge in [-0.3, -0.25) is 0 Å². The Bertz CT molecular complexity index is 785. The molecule has 0 saturated carbocycles. The molecular weight excluding hydrogens is 452 g/mol. The van der Waals surface area contributed by atoms with Gasteiger partial charge in [0.25, 0.3) is 0 Å². The van der Waals surface area contributed by atoms with Gasteiger partial charge in [-0.1, -0.05) is 53.0 Å². The molecule has 2 aromatic carbocycles. The van der Waals surface area contributed by atoms with Crippen molar-refractivity contribution in [3.05, 3.63) is 46.0 Å². The number of benzene rings is 2. The zero-order valence-electron chi connectivity index (χ0n) is 22.3. The van der Waals surface area contributed by atoms with Crippen molar-refractivity contribution in [3.63, 3.8) is 0 Å². The Morgan fingerprint density at radius 2 is 0.848 bits per heavy atom. The van der Waals surface area contributed by atoms with E-state index < -0.39 is 0 Å². The van der Waals surface area contributed by atoms with Crippen LogP contribution in [0.2, 0.25) is 0 Å². The molecule has 0 amide bonds. The van der Waals surface area contributed by atoms with Gasteiger partial charge >= 0.3 is 21.7 Å². The molecule has 0 aliphatic carbocycles. The van der Waals surface area contributed by atoms with Crippen molar-refractivity contribution in [2.45, 2.75) is 52.4 Å². The van der Waals surface area contributed by atoms with Crippen molar-refractivity contribution in [2.24, 2.45) is 0 Å². The molecule has 33 heavy (non-hydrogen) atoms. The van der Waals surface area contributed by atoms with Crippen molar-refractivity contribution in [3.8, 4) is 34.1 Å². The van der Waals surface area contributed by atoms with Gasteiger partial charge in [-0.25, -0.2) is 0 Å². The minimum Gasteiger partial charge on any atom is -0.872 e. The molecule has 0 saturated heterocycles. The number of methoxy groups -OCH3 is 2. The molecule has 0 atom stereocenters. The first-order valence-corrected chi connectivity index (χ1v) is 10.5. The van der Waals surface area contributed by atoms with Crippen LogP contribution in [0, 0.1) is 0 Å². The maximum absolute atomic E-state index is 13.2. The van der Waals surface area contributed by atoms with E-state index in [9.17, 15) is 10.2 Å². The third kappa shape index (κ3) is 9.58. The summed E-state index contributed by atoms with van der Waals surface area (Å²) in [6.45, 7) is 11.8. The van der Waals surface area contributed by atoms with Crippen LogP contribution in [0.15, 0.2) is 24.3 Å². The summed E-state index contributed by atoms with van der Waals surface area (Å²) in [7, 11) is 10.1. The van der Waals surface area contributed by atoms with E-state index in [2.05, 4.69) is 10.6 Å². The van der Waals surface area contributed by atoms with Crippen molar-refractivity contribution < 1.29 is 41.4 Å². The molecule has 6 nitrogen and oxygen atoms in total. The van der Waals surface area contributed by atoms with Crippen LogP contribution in [0.5, 0.6) is 23.0 Å². The molecule has 0 heterocycles. The second-order valence-corrected chi connectivity index (χ2v) is 9.50. The fourth-order valence-corrected chi connectivity index (χ4v) is 2.95. The van der Waals surface area contributed by atoms with Crippen molar-refractivity contribution in [1.29, 1.82) is 0 Å². The zero-order valence-corrected chi connectivity index (χ0v) is 23.9. The number of hydrogen-bond acceptors (Lipinski definition) is 4. The van der Waals surface area contributed by atoms with Gasteiger partial charge in [0.05, 0.1) is 14.2 Å². The number of hydrogen-bond donors (Lipinski definition) is 0. The summed E-state index contributed by atoms with van der Waals surface area (Å²) in [5.41, 5.74) is 1.20. The van der Waals surface area contributed by atoms with Crippen LogP contribution in [0.3, 0.4) is 0 Å². The van der Waals surface area contributed by atoms with Gasteiger partial charge in [0.1, 0.15) is 11.5 Å². The number of nitrogens with zero attached hydrogens (tertiary/aromatic N) is 2. The van der Waals surface area contributed by atoms with Gasteiger partial charge in [-0.05, 0) is 57.3 Å². The maximum Gasteiger partial charge on any atom is 4.00 e. The van der Waals surface area contributed by atoms with Crippen LogP contribution in [0.1, 0.15) is 52.7 Å². The second kappa shape index (κ2) is 14.5. The van der Waals surface area contributed by atoms with E-state index in [4.69, 9.17) is 9.47 Å². The van der Waals surface area contributed by atoms with E-state index in [-0.39, 0.29) is 44.0 Å². The fraction of sp³-hybridized carbons (Fsp3) is 0.538. The molecule has 0 aliphatic heterocycles. The predicted molar refractivity (Wildman–Crippen MR) is 132 cm³/mol. The SMILES string of the molecule is COc1cc(-c2cc(OC)cc(C(C)(C)C)c2[O-])c([O-])c(C(C)(C)C)c1.C[N-]C.C[N-]C.[Ti+4]. The molecule has 0 fully saturated rings. The Hall–Kier alpha value is -1.73. The van der Waals surface area contributed by atoms with Crippen molar-refractivity contribution >= 4 is 0 Å². The summed E-state index contributed by atoms with van der Waals surface area (Å²) in [5.74, 6) is 0.820. The van der Waals surface area contributed by atoms with E-state index in [1.807, 2.05) is 41.5 Å². The summed E-state index contributed by atoms with van der Waals surface area (Å²) < 4.78 is 10.8. The van der Waals surface area contributed by atoms with Gasteiger partial charge in [0, 0.05) is 0 Å². The average Bonchev–Trinajstić information content (AvgIpc) is 2.68. The third-order valence-electron chi connectivity index (χ3n) is 4.50. The summed E-state index contributed by atoms with van der Waals surface area (Å²) in [6.07, 6.45) is 0. The van der Waals surface area contributed by atoms with Crippen LogP contribution in [0.25, 0.3) is 21.8 Å². The summed E-state index contributed by atoms with van der Waals surface area (Å²) in [4.78, 5) is 0. The summed E-state index contributed by atoms with van der Waals surface area (Å²) in [6, 6.07) is 6.78. The van der Waals surface area contributed by atoms with Crippen LogP contribution in [-0.4, -0.2) is 42.4 Å². The molecule has 0 unspecified atom stereocenters. The maximum atomic E-state index is 13.2. The van der Waals surface area contributed by atoms with Gasteiger partial charge in [0.15, 0.2) is 0 Å². The Morgan fingerprint density at radius 3 is 1.03 bits per heavy atom. The van der Waals surface area contributed by atoms with Crippen LogP contribution < -0.4 is 19.7 Å². The van der Waals surface area contributed by atoms with Crippen LogP contribution in [0.4, 0.5) is 0 Å². The predicted octanol–water partition coefficient (Wildman–Crippen LogP) is 5.35. The molecule has 7 heteroatoms. The Labute approximate surface area is 216 Å². The molecule has 0 spiro atoms. The summed E-state index contributed by atoms with van der Waals surface area (Å²) >= 11 is 0. The van der Waals surface area contributed by atoms with Crippen molar-refractivity contribution in [2.75, 3.05) is 42.4 Å². The van der Waals surface area contributed by atoms with E-state index >= 15 is 0 Å². The molecular formula is C26H40N2O4Ti. The van der Waals surface area contributed by atoms with Crippen LogP contribution >= 0.6 is 0 Å². The minimum absolute atomic E-state index is 0. The van der Waals surface area contributed by atoms with Crippen LogP contribution in [-0.2, 0) is 32.5 Å². The topological polar surface area (TPSA) is 92.8 Å². The van der Waals surface area contributed by atoms with Crippen molar-refractivity contribution in [1.82, 2.24) is 0 Å². The fourth-order valence-electron chi connectivity index (χ4n) is 2.95. The third-order valence-corrected chi connectivity index (χ3v) is 4.50. The second-order valence-electron chi connectivity index (χ2n) is 9.50. The molecule has 0 N–H and O–H groups in total. The monoisotopic (exact) mass is 492 g/mol. The average molecular weight is 492 g/mol. The van der Waals surface area contributed by atoms with Gasteiger partial charge in [0.2, 0.25) is 0 Å². The largest absolute Gasteiger partial charge is 4.00 e. The Kier molecular flexibility index (Phi) is 14.7.